The molecule has 0 bridgehead atoms. The number of carbonyl (C=O) groups is 1. The van der Waals surface area contributed by atoms with E-state index in [1.807, 2.05) is 6.92 Å². The Bertz CT molecular complexity index is 260. The first kappa shape index (κ1) is 14.4. The molecule has 1 amide bonds. The second-order valence-electron chi connectivity index (χ2n) is 4.37. The van der Waals surface area contributed by atoms with Gasteiger partial charge in [0.05, 0.1) is 25.4 Å². The van der Waals surface area contributed by atoms with Crippen molar-refractivity contribution in [2.24, 2.45) is 5.92 Å². The zero-order valence-electron chi connectivity index (χ0n) is 10.2. The van der Waals surface area contributed by atoms with Gasteiger partial charge in [-0.25, -0.2) is 0 Å². The van der Waals surface area contributed by atoms with Crippen LogP contribution in [0, 0.1) is 5.92 Å². The molecule has 1 saturated heterocycles. The van der Waals surface area contributed by atoms with E-state index < -0.39 is 24.4 Å². The van der Waals surface area contributed by atoms with Gasteiger partial charge in [0, 0.05) is 12.8 Å². The number of nitrogens with one attached hydrogen (secondary N) is 1. The standard InChI is InChI=1S/C11H21NO5/c1-3-7-10(12-6(2)15)8(4-13)17-9(5-14)11(7)16/h7-11,13-14,16H,3-5H2,1-2H3,(H,12,15). The van der Waals surface area contributed by atoms with Gasteiger partial charge in [0.1, 0.15) is 12.2 Å². The van der Waals surface area contributed by atoms with Crippen LogP contribution in [0.4, 0.5) is 0 Å². The minimum atomic E-state index is -0.843. The van der Waals surface area contributed by atoms with E-state index in [-0.39, 0.29) is 25.0 Å². The van der Waals surface area contributed by atoms with Gasteiger partial charge in [0.25, 0.3) is 0 Å². The molecule has 6 heteroatoms. The average molecular weight is 247 g/mol. The Kier molecular flexibility index (Phi) is 5.32. The molecule has 4 N–H and O–H groups in total. The Morgan fingerprint density at radius 2 is 1.88 bits per heavy atom. The molecule has 0 aliphatic carbocycles. The van der Waals surface area contributed by atoms with Gasteiger partial charge >= 0.3 is 0 Å². The van der Waals surface area contributed by atoms with E-state index in [1.54, 1.807) is 0 Å². The molecule has 0 aromatic heterocycles. The maximum atomic E-state index is 11.1. The smallest absolute Gasteiger partial charge is 0.217 e. The van der Waals surface area contributed by atoms with Gasteiger partial charge < -0.3 is 25.4 Å². The summed E-state index contributed by atoms with van der Waals surface area (Å²) in [6.45, 7) is 2.70. The van der Waals surface area contributed by atoms with Crippen LogP contribution >= 0.6 is 0 Å². The molecule has 5 unspecified atom stereocenters. The quantitative estimate of drug-likeness (QED) is 0.491. The number of hydrogen-bond acceptors (Lipinski definition) is 5. The predicted molar refractivity (Wildman–Crippen MR) is 60.2 cm³/mol. The fraction of sp³-hybridized carbons (Fsp3) is 0.909. The second kappa shape index (κ2) is 6.30. The monoisotopic (exact) mass is 247 g/mol. The highest BCUT2D eigenvalue weighted by atomic mass is 16.5. The third-order valence-corrected chi connectivity index (χ3v) is 3.23. The minimum absolute atomic E-state index is 0.231. The summed E-state index contributed by atoms with van der Waals surface area (Å²) >= 11 is 0. The zero-order valence-corrected chi connectivity index (χ0v) is 10.2. The number of rotatable bonds is 4. The van der Waals surface area contributed by atoms with Gasteiger partial charge in [0.15, 0.2) is 0 Å². The van der Waals surface area contributed by atoms with Gasteiger partial charge in [0.2, 0.25) is 5.91 Å². The molecular formula is C11H21NO5. The van der Waals surface area contributed by atoms with Crippen LogP contribution in [0.2, 0.25) is 0 Å². The maximum Gasteiger partial charge on any atom is 0.217 e. The lowest BCUT2D eigenvalue weighted by Crippen LogP contribution is -2.61. The van der Waals surface area contributed by atoms with Crippen LogP contribution in [0.3, 0.4) is 0 Å². The van der Waals surface area contributed by atoms with Crippen molar-refractivity contribution in [3.8, 4) is 0 Å². The summed E-state index contributed by atoms with van der Waals surface area (Å²) in [7, 11) is 0. The van der Waals surface area contributed by atoms with Crippen LogP contribution in [0.25, 0.3) is 0 Å². The highest BCUT2D eigenvalue weighted by Gasteiger charge is 2.43. The van der Waals surface area contributed by atoms with Crippen molar-refractivity contribution in [3.63, 3.8) is 0 Å². The molecule has 100 valence electrons. The van der Waals surface area contributed by atoms with E-state index in [9.17, 15) is 15.0 Å². The normalized spacial score (nSPS) is 37.8. The summed E-state index contributed by atoms with van der Waals surface area (Å²) in [5, 5.41) is 31.1. The van der Waals surface area contributed by atoms with Crippen LogP contribution in [0.1, 0.15) is 20.3 Å². The van der Waals surface area contributed by atoms with Crippen molar-refractivity contribution in [2.45, 2.75) is 44.6 Å². The molecule has 0 radical (unpaired) electrons. The van der Waals surface area contributed by atoms with Crippen LogP contribution in [-0.4, -0.2) is 58.8 Å². The minimum Gasteiger partial charge on any atom is -0.394 e. The van der Waals surface area contributed by atoms with Crippen molar-refractivity contribution in [3.05, 3.63) is 0 Å². The first-order valence-corrected chi connectivity index (χ1v) is 5.87. The molecule has 1 fully saturated rings. The highest BCUT2D eigenvalue weighted by Crippen LogP contribution is 2.28. The Morgan fingerprint density at radius 1 is 1.29 bits per heavy atom. The summed E-state index contributed by atoms with van der Waals surface area (Å²) in [6.07, 6.45) is -1.51. The van der Waals surface area contributed by atoms with Gasteiger partial charge in [-0.2, -0.15) is 0 Å². The number of ether oxygens (including phenoxy) is 1. The Morgan fingerprint density at radius 3 is 2.29 bits per heavy atom. The number of aliphatic hydroxyl groups is 3. The van der Waals surface area contributed by atoms with Crippen molar-refractivity contribution in [2.75, 3.05) is 13.2 Å². The third kappa shape index (κ3) is 3.16. The summed E-state index contributed by atoms with van der Waals surface area (Å²) in [4.78, 5) is 11.1. The third-order valence-electron chi connectivity index (χ3n) is 3.23. The van der Waals surface area contributed by atoms with E-state index >= 15 is 0 Å². The van der Waals surface area contributed by atoms with E-state index in [0.29, 0.717) is 6.42 Å². The van der Waals surface area contributed by atoms with Gasteiger partial charge in [-0.1, -0.05) is 6.92 Å². The molecule has 0 aromatic rings. The maximum absolute atomic E-state index is 11.1. The van der Waals surface area contributed by atoms with Crippen LogP contribution in [-0.2, 0) is 9.53 Å². The van der Waals surface area contributed by atoms with Gasteiger partial charge in [-0.3, -0.25) is 4.79 Å². The van der Waals surface area contributed by atoms with Crippen molar-refractivity contribution in [1.82, 2.24) is 5.32 Å². The Hall–Kier alpha value is -0.690. The van der Waals surface area contributed by atoms with Crippen molar-refractivity contribution in [1.29, 1.82) is 0 Å². The SMILES string of the molecule is CCC1C(O)C(CO)OC(CO)C1NC(C)=O. The number of carbonyl (C=O) groups excluding carboxylic acids is 1. The fourth-order valence-electron chi connectivity index (χ4n) is 2.39. The zero-order chi connectivity index (χ0) is 13.0. The lowest BCUT2D eigenvalue weighted by atomic mass is 9.82. The Balaban J connectivity index is 2.86. The van der Waals surface area contributed by atoms with Crippen LogP contribution in [0.15, 0.2) is 0 Å². The second-order valence-corrected chi connectivity index (χ2v) is 4.37. The first-order valence-electron chi connectivity index (χ1n) is 5.87. The largest absolute Gasteiger partial charge is 0.394 e. The highest BCUT2D eigenvalue weighted by molar-refractivity contribution is 5.73. The summed E-state index contributed by atoms with van der Waals surface area (Å²) in [5.74, 6) is -0.466. The Labute approximate surface area is 101 Å². The molecule has 1 heterocycles. The van der Waals surface area contributed by atoms with E-state index in [1.165, 1.54) is 6.92 Å². The van der Waals surface area contributed by atoms with Crippen molar-refractivity contribution < 1.29 is 24.9 Å². The lowest BCUT2D eigenvalue weighted by Gasteiger charge is -2.44. The molecule has 5 atom stereocenters. The lowest BCUT2D eigenvalue weighted by molar-refractivity contribution is -0.184. The van der Waals surface area contributed by atoms with E-state index in [0.717, 1.165) is 0 Å². The van der Waals surface area contributed by atoms with Crippen LogP contribution in [0.5, 0.6) is 0 Å². The number of hydrogen-bond donors (Lipinski definition) is 4. The van der Waals surface area contributed by atoms with Crippen LogP contribution < -0.4 is 5.32 Å². The van der Waals surface area contributed by atoms with E-state index in [2.05, 4.69) is 5.32 Å². The van der Waals surface area contributed by atoms with Gasteiger partial charge in [-0.05, 0) is 6.42 Å². The number of aliphatic hydroxyl groups excluding tert-OH is 3. The van der Waals surface area contributed by atoms with Gasteiger partial charge in [-0.15, -0.1) is 0 Å². The number of amides is 1. The summed E-state index contributed by atoms with van der Waals surface area (Å²) in [5.41, 5.74) is 0. The molecule has 1 aliphatic rings. The molecule has 1 rings (SSSR count). The predicted octanol–water partition coefficient (Wildman–Crippen LogP) is -1.37. The van der Waals surface area contributed by atoms with E-state index in [4.69, 9.17) is 9.84 Å². The molecule has 17 heavy (non-hydrogen) atoms. The molecule has 0 spiro atoms. The molecular weight excluding hydrogens is 226 g/mol. The average Bonchev–Trinajstić information content (AvgIpc) is 2.29. The fourth-order valence-corrected chi connectivity index (χ4v) is 2.39. The molecule has 6 nitrogen and oxygen atoms in total. The molecule has 0 aromatic carbocycles. The molecule has 1 aliphatic heterocycles. The first-order chi connectivity index (χ1) is 8.04. The summed E-state index contributed by atoms with van der Waals surface area (Å²) in [6, 6.07) is -0.430. The topological polar surface area (TPSA) is 99.0 Å². The molecule has 0 saturated carbocycles. The van der Waals surface area contributed by atoms with Crippen molar-refractivity contribution >= 4 is 5.91 Å². The summed E-state index contributed by atoms with van der Waals surface area (Å²) < 4.78 is 5.38.